The van der Waals surface area contributed by atoms with E-state index < -0.39 is 5.54 Å². The molecule has 0 rings (SSSR count). The molecule has 0 spiro atoms. The lowest BCUT2D eigenvalue weighted by atomic mass is 9.96. The Labute approximate surface area is 124 Å². The highest BCUT2D eigenvalue weighted by atomic mass is 16.5. The largest absolute Gasteiger partial charge is 0.465 e. The molecular weight excluding hydrogens is 256 g/mol. The number of rotatable bonds is 11. The second kappa shape index (κ2) is 10.1. The maximum Gasteiger partial charge on any atom is 0.326 e. The standard InChI is InChI=1S/C15H32N2O3/c1-7-17(11-12-19-6)10-9-15(5,16-13(3)4)14(18)20-8-2/h13,16H,7-12H2,1-6H3. The quantitative estimate of drug-likeness (QED) is 0.586. The highest BCUT2D eigenvalue weighted by Crippen LogP contribution is 2.14. The normalized spacial score (nSPS) is 14.6. The van der Waals surface area contributed by atoms with E-state index >= 15 is 0 Å². The summed E-state index contributed by atoms with van der Waals surface area (Å²) in [5.41, 5.74) is -0.634. The summed E-state index contributed by atoms with van der Waals surface area (Å²) in [5, 5.41) is 3.34. The maximum absolute atomic E-state index is 12.2. The molecule has 0 radical (unpaired) electrons. The molecule has 0 heterocycles. The predicted octanol–water partition coefficient (Wildman–Crippen LogP) is 1.66. The van der Waals surface area contributed by atoms with Crippen molar-refractivity contribution in [2.24, 2.45) is 0 Å². The van der Waals surface area contributed by atoms with Crippen molar-refractivity contribution in [1.29, 1.82) is 0 Å². The number of ether oxygens (including phenoxy) is 2. The van der Waals surface area contributed by atoms with Crippen LogP contribution < -0.4 is 5.32 Å². The number of carbonyl (C=O) groups is 1. The van der Waals surface area contributed by atoms with E-state index in [0.29, 0.717) is 13.2 Å². The molecule has 5 nitrogen and oxygen atoms in total. The van der Waals surface area contributed by atoms with E-state index in [1.54, 1.807) is 7.11 Å². The van der Waals surface area contributed by atoms with E-state index in [-0.39, 0.29) is 12.0 Å². The van der Waals surface area contributed by atoms with Crippen molar-refractivity contribution in [3.63, 3.8) is 0 Å². The number of methoxy groups -OCH3 is 1. The third-order valence-corrected chi connectivity index (χ3v) is 3.32. The van der Waals surface area contributed by atoms with E-state index in [4.69, 9.17) is 9.47 Å². The van der Waals surface area contributed by atoms with Crippen molar-refractivity contribution >= 4 is 5.97 Å². The van der Waals surface area contributed by atoms with Crippen LogP contribution in [0.2, 0.25) is 0 Å². The van der Waals surface area contributed by atoms with E-state index in [1.165, 1.54) is 0 Å². The molecule has 0 saturated heterocycles. The smallest absolute Gasteiger partial charge is 0.326 e. The molecule has 1 unspecified atom stereocenters. The first-order valence-electron chi connectivity index (χ1n) is 7.55. The number of nitrogens with one attached hydrogen (secondary N) is 1. The summed E-state index contributed by atoms with van der Waals surface area (Å²) in [6.45, 7) is 13.8. The minimum absolute atomic E-state index is 0.170. The van der Waals surface area contributed by atoms with Gasteiger partial charge in [0.15, 0.2) is 0 Å². The van der Waals surface area contributed by atoms with Crippen LogP contribution in [0.15, 0.2) is 0 Å². The molecule has 0 aromatic rings. The average Bonchev–Trinajstić information content (AvgIpc) is 2.38. The van der Waals surface area contributed by atoms with Gasteiger partial charge >= 0.3 is 5.97 Å². The van der Waals surface area contributed by atoms with Crippen LogP contribution in [-0.4, -0.2) is 62.4 Å². The lowest BCUT2D eigenvalue weighted by Crippen LogP contribution is -2.54. The number of likely N-dealkylation sites (N-methyl/N-ethyl adjacent to an activating group) is 1. The molecule has 0 saturated carbocycles. The molecule has 0 aromatic carbocycles. The van der Waals surface area contributed by atoms with E-state index in [9.17, 15) is 4.79 Å². The SMILES string of the molecule is CCOC(=O)C(C)(CCN(CC)CCOC)NC(C)C. The van der Waals surface area contributed by atoms with Crippen LogP contribution in [-0.2, 0) is 14.3 Å². The maximum atomic E-state index is 12.2. The van der Waals surface area contributed by atoms with Gasteiger partial charge in [-0.2, -0.15) is 0 Å². The van der Waals surface area contributed by atoms with E-state index in [2.05, 4.69) is 17.1 Å². The summed E-state index contributed by atoms with van der Waals surface area (Å²) in [5.74, 6) is -0.170. The number of carbonyl (C=O) groups excluding carboxylic acids is 1. The Kier molecular flexibility index (Phi) is 9.80. The second-order valence-electron chi connectivity index (χ2n) is 5.53. The molecule has 0 fully saturated rings. The topological polar surface area (TPSA) is 50.8 Å². The summed E-state index contributed by atoms with van der Waals surface area (Å²) in [6.07, 6.45) is 0.724. The molecule has 0 bridgehead atoms. The summed E-state index contributed by atoms with van der Waals surface area (Å²) < 4.78 is 10.3. The fraction of sp³-hybridized carbons (Fsp3) is 0.933. The Morgan fingerprint density at radius 3 is 2.40 bits per heavy atom. The Morgan fingerprint density at radius 2 is 1.95 bits per heavy atom. The van der Waals surface area contributed by atoms with Crippen LogP contribution in [0, 0.1) is 0 Å². The van der Waals surface area contributed by atoms with Crippen LogP contribution in [0.3, 0.4) is 0 Å². The van der Waals surface area contributed by atoms with Gasteiger partial charge < -0.3 is 14.4 Å². The molecule has 5 heteroatoms. The first kappa shape index (κ1) is 19.4. The fourth-order valence-electron chi connectivity index (χ4n) is 2.19. The zero-order valence-electron chi connectivity index (χ0n) is 14.0. The third-order valence-electron chi connectivity index (χ3n) is 3.32. The molecule has 1 atom stereocenters. The lowest BCUT2D eigenvalue weighted by molar-refractivity contribution is -0.151. The molecule has 0 aliphatic carbocycles. The number of hydrogen-bond acceptors (Lipinski definition) is 5. The Hall–Kier alpha value is -0.650. The van der Waals surface area contributed by atoms with Gasteiger partial charge in [0.25, 0.3) is 0 Å². The highest BCUT2D eigenvalue weighted by molar-refractivity contribution is 5.80. The van der Waals surface area contributed by atoms with Crippen molar-refractivity contribution in [3.05, 3.63) is 0 Å². The van der Waals surface area contributed by atoms with Crippen LogP contribution >= 0.6 is 0 Å². The first-order valence-corrected chi connectivity index (χ1v) is 7.55. The summed E-state index contributed by atoms with van der Waals surface area (Å²) in [4.78, 5) is 14.5. The van der Waals surface area contributed by atoms with Crippen molar-refractivity contribution < 1.29 is 14.3 Å². The fourth-order valence-corrected chi connectivity index (χ4v) is 2.19. The van der Waals surface area contributed by atoms with Crippen LogP contribution in [0.4, 0.5) is 0 Å². The highest BCUT2D eigenvalue weighted by Gasteiger charge is 2.35. The van der Waals surface area contributed by atoms with Crippen LogP contribution in [0.5, 0.6) is 0 Å². The Morgan fingerprint density at radius 1 is 1.30 bits per heavy atom. The Balaban J connectivity index is 4.59. The summed E-state index contributed by atoms with van der Waals surface area (Å²) in [6, 6.07) is 0.235. The molecular formula is C15H32N2O3. The number of nitrogens with zero attached hydrogens (tertiary/aromatic N) is 1. The second-order valence-corrected chi connectivity index (χ2v) is 5.53. The van der Waals surface area contributed by atoms with E-state index in [0.717, 1.165) is 26.1 Å². The minimum Gasteiger partial charge on any atom is -0.465 e. The van der Waals surface area contributed by atoms with Gasteiger partial charge in [-0.25, -0.2) is 0 Å². The van der Waals surface area contributed by atoms with Gasteiger partial charge in [-0.05, 0) is 40.7 Å². The molecule has 0 aromatic heterocycles. The van der Waals surface area contributed by atoms with Crippen molar-refractivity contribution in [2.45, 2.75) is 52.6 Å². The Bertz CT molecular complexity index is 272. The van der Waals surface area contributed by atoms with Gasteiger partial charge in [0, 0.05) is 26.2 Å². The zero-order chi connectivity index (χ0) is 15.6. The minimum atomic E-state index is -0.634. The van der Waals surface area contributed by atoms with Crippen LogP contribution in [0.1, 0.15) is 41.0 Å². The molecule has 0 amide bonds. The summed E-state index contributed by atoms with van der Waals surface area (Å²) in [7, 11) is 1.71. The van der Waals surface area contributed by atoms with Gasteiger partial charge in [0.2, 0.25) is 0 Å². The third kappa shape index (κ3) is 7.22. The van der Waals surface area contributed by atoms with Crippen molar-refractivity contribution in [2.75, 3.05) is 40.0 Å². The van der Waals surface area contributed by atoms with Gasteiger partial charge in [-0.3, -0.25) is 10.1 Å². The molecule has 0 aliphatic heterocycles. The molecule has 120 valence electrons. The summed E-state index contributed by atoms with van der Waals surface area (Å²) >= 11 is 0. The number of hydrogen-bond donors (Lipinski definition) is 1. The number of esters is 1. The van der Waals surface area contributed by atoms with Gasteiger partial charge in [-0.15, -0.1) is 0 Å². The molecule has 20 heavy (non-hydrogen) atoms. The predicted molar refractivity (Wildman–Crippen MR) is 81.9 cm³/mol. The van der Waals surface area contributed by atoms with E-state index in [1.807, 2.05) is 27.7 Å². The zero-order valence-corrected chi connectivity index (χ0v) is 14.0. The lowest BCUT2D eigenvalue weighted by Gasteiger charge is -2.33. The van der Waals surface area contributed by atoms with Crippen molar-refractivity contribution in [3.8, 4) is 0 Å². The average molecular weight is 288 g/mol. The van der Waals surface area contributed by atoms with Gasteiger partial charge in [0.1, 0.15) is 5.54 Å². The monoisotopic (exact) mass is 288 g/mol. The molecule has 1 N–H and O–H groups in total. The first-order chi connectivity index (χ1) is 9.39. The van der Waals surface area contributed by atoms with Crippen molar-refractivity contribution in [1.82, 2.24) is 10.2 Å². The van der Waals surface area contributed by atoms with Crippen LogP contribution in [0.25, 0.3) is 0 Å². The van der Waals surface area contributed by atoms with Gasteiger partial charge in [-0.1, -0.05) is 6.92 Å². The van der Waals surface area contributed by atoms with Gasteiger partial charge in [0.05, 0.1) is 13.2 Å². The molecule has 0 aliphatic rings.